The zero-order valence-corrected chi connectivity index (χ0v) is 12.6. The second kappa shape index (κ2) is 6.84. The summed E-state index contributed by atoms with van der Waals surface area (Å²) in [5.74, 6) is 0.865. The van der Waals surface area contributed by atoms with Gasteiger partial charge in [-0.25, -0.2) is 9.97 Å². The fourth-order valence-corrected chi connectivity index (χ4v) is 2.49. The van der Waals surface area contributed by atoms with E-state index in [2.05, 4.69) is 25.6 Å². The summed E-state index contributed by atoms with van der Waals surface area (Å²) < 4.78 is 0. The van der Waals surface area contributed by atoms with Gasteiger partial charge in [-0.2, -0.15) is 0 Å². The third kappa shape index (κ3) is 4.16. The van der Waals surface area contributed by atoms with Crippen LogP contribution in [0.25, 0.3) is 0 Å². The van der Waals surface area contributed by atoms with Gasteiger partial charge in [-0.3, -0.25) is 4.90 Å². The molecule has 0 aliphatic heterocycles. The van der Waals surface area contributed by atoms with Crippen LogP contribution in [0, 0.1) is 0 Å². The predicted molar refractivity (Wildman–Crippen MR) is 80.7 cm³/mol. The molecule has 2 heterocycles. The normalized spacial score (nSPS) is 10.9. The minimum absolute atomic E-state index is 0.701. The molecule has 102 valence electrons. The van der Waals surface area contributed by atoms with Gasteiger partial charge >= 0.3 is 0 Å². The molecular formula is C13H17ClN4S. The summed E-state index contributed by atoms with van der Waals surface area (Å²) in [6.45, 7) is 4.40. The van der Waals surface area contributed by atoms with Crippen molar-refractivity contribution in [3.63, 3.8) is 0 Å². The molecule has 1 N–H and O–H groups in total. The summed E-state index contributed by atoms with van der Waals surface area (Å²) in [5, 5.41) is 5.95. The molecule has 0 aliphatic carbocycles. The molecule has 0 radical (unpaired) electrons. The highest BCUT2D eigenvalue weighted by atomic mass is 35.5. The van der Waals surface area contributed by atoms with Crippen LogP contribution in [0.3, 0.4) is 0 Å². The third-order valence-electron chi connectivity index (χ3n) is 2.61. The fourth-order valence-electron chi connectivity index (χ4n) is 1.78. The monoisotopic (exact) mass is 296 g/mol. The summed E-state index contributed by atoms with van der Waals surface area (Å²) in [7, 11) is 2.04. The minimum atomic E-state index is 0.701. The van der Waals surface area contributed by atoms with E-state index >= 15 is 0 Å². The first-order valence-electron chi connectivity index (χ1n) is 6.14. The van der Waals surface area contributed by atoms with E-state index in [1.807, 2.05) is 31.6 Å². The number of thiazole rings is 1. The van der Waals surface area contributed by atoms with E-state index in [1.165, 1.54) is 0 Å². The molecular weight excluding hydrogens is 280 g/mol. The van der Waals surface area contributed by atoms with E-state index in [-0.39, 0.29) is 0 Å². The van der Waals surface area contributed by atoms with Gasteiger partial charge in [0.25, 0.3) is 0 Å². The number of nitrogens with one attached hydrogen (secondary N) is 1. The number of hydrogen-bond acceptors (Lipinski definition) is 5. The van der Waals surface area contributed by atoms with E-state index < -0.39 is 0 Å². The Kier molecular flexibility index (Phi) is 5.13. The predicted octanol–water partition coefficient (Wildman–Crippen LogP) is 3.26. The number of nitrogens with zero attached hydrogens (tertiary/aromatic N) is 3. The molecule has 0 aromatic carbocycles. The number of halogens is 1. The first-order chi connectivity index (χ1) is 9.19. The molecule has 0 saturated carbocycles. The SMILES string of the molecule is CCNc1ccc(Cl)c(CN(C)Cc2cscn2)n1. The lowest BCUT2D eigenvalue weighted by Gasteiger charge is -2.16. The molecule has 0 fully saturated rings. The molecule has 0 aliphatic rings. The Hall–Kier alpha value is -1.17. The van der Waals surface area contributed by atoms with Crippen LogP contribution in [0.5, 0.6) is 0 Å². The first-order valence-corrected chi connectivity index (χ1v) is 7.46. The van der Waals surface area contributed by atoms with Crippen LogP contribution in [-0.4, -0.2) is 28.5 Å². The van der Waals surface area contributed by atoms with Crippen molar-refractivity contribution in [3.05, 3.63) is 39.4 Å². The Labute approximate surface area is 122 Å². The molecule has 0 spiro atoms. The van der Waals surface area contributed by atoms with Crippen molar-refractivity contribution in [2.24, 2.45) is 0 Å². The summed E-state index contributed by atoms with van der Waals surface area (Å²) in [5.41, 5.74) is 3.81. The maximum absolute atomic E-state index is 6.19. The van der Waals surface area contributed by atoms with E-state index in [1.54, 1.807) is 11.3 Å². The first kappa shape index (κ1) is 14.2. The van der Waals surface area contributed by atoms with Gasteiger partial charge in [0.2, 0.25) is 0 Å². The Bertz CT molecular complexity index is 515. The molecule has 0 saturated heterocycles. The Morgan fingerprint density at radius 3 is 2.89 bits per heavy atom. The van der Waals surface area contributed by atoms with E-state index in [4.69, 9.17) is 11.6 Å². The number of rotatable bonds is 6. The molecule has 0 amide bonds. The van der Waals surface area contributed by atoms with Crippen molar-refractivity contribution < 1.29 is 0 Å². The summed E-state index contributed by atoms with van der Waals surface area (Å²) in [6.07, 6.45) is 0. The molecule has 2 aromatic heterocycles. The van der Waals surface area contributed by atoms with Crippen molar-refractivity contribution >= 4 is 28.8 Å². The fraction of sp³-hybridized carbons (Fsp3) is 0.385. The number of aromatic nitrogens is 2. The highest BCUT2D eigenvalue weighted by Crippen LogP contribution is 2.18. The van der Waals surface area contributed by atoms with Crippen molar-refractivity contribution in [2.75, 3.05) is 18.9 Å². The number of hydrogen-bond donors (Lipinski definition) is 1. The third-order valence-corrected chi connectivity index (χ3v) is 3.59. The smallest absolute Gasteiger partial charge is 0.126 e. The van der Waals surface area contributed by atoms with Crippen LogP contribution in [-0.2, 0) is 13.1 Å². The lowest BCUT2D eigenvalue weighted by molar-refractivity contribution is 0.312. The second-order valence-corrected chi connectivity index (χ2v) is 5.43. The standard InChI is InChI=1S/C13H17ClN4S/c1-3-15-13-5-4-11(14)12(17-13)7-18(2)6-10-8-19-9-16-10/h4-5,8-9H,3,6-7H2,1-2H3,(H,15,17). The summed E-state index contributed by atoms with van der Waals surface area (Å²) >= 11 is 7.80. The highest BCUT2D eigenvalue weighted by molar-refractivity contribution is 7.07. The van der Waals surface area contributed by atoms with Crippen molar-refractivity contribution in [1.29, 1.82) is 0 Å². The largest absolute Gasteiger partial charge is 0.370 e. The van der Waals surface area contributed by atoms with Gasteiger partial charge in [0.05, 0.1) is 21.9 Å². The van der Waals surface area contributed by atoms with Crippen LogP contribution in [0.15, 0.2) is 23.0 Å². The average Bonchev–Trinajstić information content (AvgIpc) is 2.86. The van der Waals surface area contributed by atoms with E-state index in [9.17, 15) is 0 Å². The van der Waals surface area contributed by atoms with Crippen LogP contribution in [0.2, 0.25) is 5.02 Å². The van der Waals surface area contributed by atoms with E-state index in [0.29, 0.717) is 11.6 Å². The molecule has 2 aromatic rings. The van der Waals surface area contributed by atoms with Gasteiger partial charge in [0.1, 0.15) is 5.82 Å². The molecule has 4 nitrogen and oxygen atoms in total. The Balaban J connectivity index is 2.02. The summed E-state index contributed by atoms with van der Waals surface area (Å²) in [6, 6.07) is 3.79. The molecule has 2 rings (SSSR count). The van der Waals surface area contributed by atoms with Gasteiger partial charge in [0, 0.05) is 25.0 Å². The highest BCUT2D eigenvalue weighted by Gasteiger charge is 2.08. The van der Waals surface area contributed by atoms with E-state index in [0.717, 1.165) is 30.3 Å². The van der Waals surface area contributed by atoms with Gasteiger partial charge < -0.3 is 5.32 Å². The topological polar surface area (TPSA) is 41.0 Å². The zero-order valence-electron chi connectivity index (χ0n) is 11.1. The lowest BCUT2D eigenvalue weighted by atomic mass is 10.3. The molecule has 19 heavy (non-hydrogen) atoms. The molecule has 0 atom stereocenters. The molecule has 0 unspecified atom stereocenters. The second-order valence-electron chi connectivity index (χ2n) is 4.31. The van der Waals surface area contributed by atoms with Crippen LogP contribution in [0.4, 0.5) is 5.82 Å². The van der Waals surface area contributed by atoms with Crippen LogP contribution in [0.1, 0.15) is 18.3 Å². The average molecular weight is 297 g/mol. The number of anilines is 1. The molecule has 6 heteroatoms. The van der Waals surface area contributed by atoms with Gasteiger partial charge in [-0.1, -0.05) is 11.6 Å². The number of pyridine rings is 1. The van der Waals surface area contributed by atoms with Crippen LogP contribution < -0.4 is 5.32 Å². The summed E-state index contributed by atoms with van der Waals surface area (Å²) in [4.78, 5) is 11.0. The van der Waals surface area contributed by atoms with Gasteiger partial charge in [-0.05, 0) is 26.1 Å². The van der Waals surface area contributed by atoms with Crippen LogP contribution >= 0.6 is 22.9 Å². The zero-order chi connectivity index (χ0) is 13.7. The van der Waals surface area contributed by atoms with Crippen molar-refractivity contribution in [2.45, 2.75) is 20.0 Å². The maximum atomic E-state index is 6.19. The van der Waals surface area contributed by atoms with Gasteiger partial charge in [0.15, 0.2) is 0 Å². The Morgan fingerprint density at radius 2 is 2.21 bits per heavy atom. The lowest BCUT2D eigenvalue weighted by Crippen LogP contribution is -2.18. The molecule has 0 bridgehead atoms. The minimum Gasteiger partial charge on any atom is -0.370 e. The van der Waals surface area contributed by atoms with Gasteiger partial charge in [-0.15, -0.1) is 11.3 Å². The van der Waals surface area contributed by atoms with Crippen molar-refractivity contribution in [1.82, 2.24) is 14.9 Å². The Morgan fingerprint density at radius 1 is 1.37 bits per heavy atom. The quantitative estimate of drug-likeness (QED) is 0.888. The van der Waals surface area contributed by atoms with Crippen molar-refractivity contribution in [3.8, 4) is 0 Å². The maximum Gasteiger partial charge on any atom is 0.126 e.